The lowest BCUT2D eigenvalue weighted by Crippen LogP contribution is -2.21. The minimum Gasteiger partial charge on any atom is -0.306 e. The molecular formula is C18H19NS2. The molecule has 0 aliphatic heterocycles. The molecule has 0 radical (unpaired) electrons. The van der Waals surface area contributed by atoms with Crippen molar-refractivity contribution in [2.45, 2.75) is 17.9 Å². The Labute approximate surface area is 134 Å². The van der Waals surface area contributed by atoms with Gasteiger partial charge in [-0.25, -0.2) is 0 Å². The van der Waals surface area contributed by atoms with Crippen molar-refractivity contribution >= 4 is 33.2 Å². The highest BCUT2D eigenvalue weighted by molar-refractivity contribution is 7.98. The Morgan fingerprint density at radius 2 is 1.86 bits per heavy atom. The smallest absolute Gasteiger partial charge is 0.0591 e. The molecule has 1 atom stereocenters. The van der Waals surface area contributed by atoms with E-state index in [0.29, 0.717) is 0 Å². The van der Waals surface area contributed by atoms with E-state index in [0.717, 1.165) is 6.54 Å². The van der Waals surface area contributed by atoms with E-state index in [-0.39, 0.29) is 6.04 Å². The van der Waals surface area contributed by atoms with E-state index in [1.807, 2.05) is 11.3 Å². The monoisotopic (exact) mass is 313 g/mol. The van der Waals surface area contributed by atoms with Gasteiger partial charge < -0.3 is 5.32 Å². The largest absolute Gasteiger partial charge is 0.306 e. The quantitative estimate of drug-likeness (QED) is 0.640. The van der Waals surface area contributed by atoms with E-state index in [9.17, 15) is 0 Å². The van der Waals surface area contributed by atoms with Crippen LogP contribution in [0.3, 0.4) is 0 Å². The topological polar surface area (TPSA) is 12.0 Å². The van der Waals surface area contributed by atoms with E-state index in [2.05, 4.69) is 72.4 Å². The molecule has 1 nitrogen and oxygen atoms in total. The summed E-state index contributed by atoms with van der Waals surface area (Å²) < 4.78 is 1.36. The van der Waals surface area contributed by atoms with Crippen molar-refractivity contribution in [1.82, 2.24) is 5.32 Å². The summed E-state index contributed by atoms with van der Waals surface area (Å²) in [4.78, 5) is 1.31. The normalized spacial score (nSPS) is 12.7. The Morgan fingerprint density at radius 3 is 2.57 bits per heavy atom. The molecule has 1 heterocycles. The molecule has 0 bridgehead atoms. The SMILES string of the molecule is CCNC(c1ccc(SC)cc1)c1csc2ccccc12. The van der Waals surface area contributed by atoms with E-state index >= 15 is 0 Å². The zero-order chi connectivity index (χ0) is 14.7. The average molecular weight is 313 g/mol. The van der Waals surface area contributed by atoms with Gasteiger partial charge >= 0.3 is 0 Å². The Bertz CT molecular complexity index is 715. The van der Waals surface area contributed by atoms with Gasteiger partial charge in [-0.15, -0.1) is 23.1 Å². The van der Waals surface area contributed by atoms with Crippen LogP contribution in [0, 0.1) is 0 Å². The summed E-state index contributed by atoms with van der Waals surface area (Å²) in [6, 6.07) is 17.8. The number of fused-ring (bicyclic) bond motifs is 1. The van der Waals surface area contributed by atoms with Crippen LogP contribution >= 0.6 is 23.1 Å². The first-order valence-corrected chi connectivity index (χ1v) is 9.27. The van der Waals surface area contributed by atoms with Crippen LogP contribution in [0.4, 0.5) is 0 Å². The molecular weight excluding hydrogens is 294 g/mol. The van der Waals surface area contributed by atoms with Crippen molar-refractivity contribution in [3.8, 4) is 0 Å². The zero-order valence-electron chi connectivity index (χ0n) is 12.3. The van der Waals surface area contributed by atoms with Gasteiger partial charge in [0.1, 0.15) is 0 Å². The second-order valence-electron chi connectivity index (χ2n) is 4.95. The van der Waals surface area contributed by atoms with E-state index in [1.54, 1.807) is 11.8 Å². The van der Waals surface area contributed by atoms with Gasteiger partial charge in [-0.2, -0.15) is 0 Å². The lowest BCUT2D eigenvalue weighted by molar-refractivity contribution is 0.635. The fraction of sp³-hybridized carbons (Fsp3) is 0.222. The van der Waals surface area contributed by atoms with Crippen LogP contribution in [0.15, 0.2) is 58.8 Å². The predicted octanol–water partition coefficient (Wildman–Crippen LogP) is 5.32. The minimum atomic E-state index is 0.266. The Balaban J connectivity index is 2.04. The summed E-state index contributed by atoms with van der Waals surface area (Å²) in [6.45, 7) is 3.12. The third-order valence-electron chi connectivity index (χ3n) is 3.68. The van der Waals surface area contributed by atoms with Crippen LogP contribution in [0.1, 0.15) is 24.1 Å². The standard InChI is InChI=1S/C18H19NS2/c1-3-19-18(13-8-10-14(20-2)11-9-13)16-12-21-17-7-5-4-6-15(16)17/h4-12,18-19H,3H2,1-2H3. The summed E-state index contributed by atoms with van der Waals surface area (Å²) in [6.07, 6.45) is 2.11. The Kier molecular flexibility index (Phi) is 4.63. The van der Waals surface area contributed by atoms with Gasteiger partial charge in [-0.1, -0.05) is 37.3 Å². The number of hydrogen-bond donors (Lipinski definition) is 1. The van der Waals surface area contributed by atoms with Crippen LogP contribution in [-0.4, -0.2) is 12.8 Å². The molecule has 0 saturated carbocycles. The molecule has 21 heavy (non-hydrogen) atoms. The van der Waals surface area contributed by atoms with Crippen molar-refractivity contribution in [3.63, 3.8) is 0 Å². The molecule has 1 unspecified atom stereocenters. The van der Waals surface area contributed by atoms with Gasteiger partial charge in [0.25, 0.3) is 0 Å². The molecule has 1 aromatic heterocycles. The molecule has 3 rings (SSSR count). The molecule has 0 spiro atoms. The molecule has 0 aliphatic carbocycles. The van der Waals surface area contributed by atoms with E-state index < -0.39 is 0 Å². The lowest BCUT2D eigenvalue weighted by atomic mass is 9.98. The minimum absolute atomic E-state index is 0.266. The van der Waals surface area contributed by atoms with Crippen molar-refractivity contribution in [1.29, 1.82) is 0 Å². The van der Waals surface area contributed by atoms with Gasteiger partial charge in [-0.05, 0) is 52.9 Å². The maximum Gasteiger partial charge on any atom is 0.0591 e. The molecule has 2 aromatic carbocycles. The molecule has 1 N–H and O–H groups in total. The third-order valence-corrected chi connectivity index (χ3v) is 5.40. The number of thiophene rings is 1. The number of benzene rings is 2. The molecule has 0 saturated heterocycles. The third kappa shape index (κ3) is 3.00. The van der Waals surface area contributed by atoms with Gasteiger partial charge in [0, 0.05) is 9.60 Å². The van der Waals surface area contributed by atoms with Gasteiger partial charge in [0.05, 0.1) is 6.04 Å². The number of thioether (sulfide) groups is 1. The second kappa shape index (κ2) is 6.65. The molecule has 3 heteroatoms. The first-order valence-electron chi connectivity index (χ1n) is 7.17. The lowest BCUT2D eigenvalue weighted by Gasteiger charge is -2.18. The van der Waals surface area contributed by atoms with Gasteiger partial charge in [0.15, 0.2) is 0 Å². The van der Waals surface area contributed by atoms with Crippen LogP contribution in [0.25, 0.3) is 10.1 Å². The number of hydrogen-bond acceptors (Lipinski definition) is 3. The highest BCUT2D eigenvalue weighted by Gasteiger charge is 2.16. The Morgan fingerprint density at radius 1 is 1.10 bits per heavy atom. The zero-order valence-corrected chi connectivity index (χ0v) is 13.9. The summed E-state index contributed by atoms with van der Waals surface area (Å²) in [7, 11) is 0. The van der Waals surface area contributed by atoms with E-state index in [1.165, 1.54) is 26.1 Å². The maximum absolute atomic E-state index is 3.63. The number of rotatable bonds is 5. The van der Waals surface area contributed by atoms with Gasteiger partial charge in [-0.3, -0.25) is 0 Å². The van der Waals surface area contributed by atoms with E-state index in [4.69, 9.17) is 0 Å². The van der Waals surface area contributed by atoms with Crippen molar-refractivity contribution in [3.05, 3.63) is 65.0 Å². The van der Waals surface area contributed by atoms with Crippen LogP contribution < -0.4 is 5.32 Å². The highest BCUT2D eigenvalue weighted by Crippen LogP contribution is 2.34. The average Bonchev–Trinajstić information content (AvgIpc) is 2.97. The summed E-state index contributed by atoms with van der Waals surface area (Å²) >= 11 is 3.61. The molecule has 0 amide bonds. The molecule has 0 fully saturated rings. The summed E-state index contributed by atoms with van der Waals surface area (Å²) in [5, 5.41) is 7.29. The fourth-order valence-corrected chi connectivity index (χ4v) is 4.02. The maximum atomic E-state index is 3.63. The van der Waals surface area contributed by atoms with Crippen molar-refractivity contribution in [2.75, 3.05) is 12.8 Å². The predicted molar refractivity (Wildman–Crippen MR) is 95.6 cm³/mol. The Hall–Kier alpha value is -1.29. The first kappa shape index (κ1) is 14.6. The summed E-state index contributed by atoms with van der Waals surface area (Å²) in [5.41, 5.74) is 2.72. The summed E-state index contributed by atoms with van der Waals surface area (Å²) in [5.74, 6) is 0. The van der Waals surface area contributed by atoms with Gasteiger partial charge in [0.2, 0.25) is 0 Å². The highest BCUT2D eigenvalue weighted by atomic mass is 32.2. The van der Waals surface area contributed by atoms with Crippen LogP contribution in [0.5, 0.6) is 0 Å². The second-order valence-corrected chi connectivity index (χ2v) is 6.74. The van der Waals surface area contributed by atoms with Crippen molar-refractivity contribution < 1.29 is 0 Å². The first-order chi connectivity index (χ1) is 10.3. The molecule has 0 aliphatic rings. The van der Waals surface area contributed by atoms with Crippen LogP contribution in [-0.2, 0) is 0 Å². The number of nitrogens with one attached hydrogen (secondary N) is 1. The fourth-order valence-electron chi connectivity index (χ4n) is 2.63. The molecule has 3 aromatic rings. The van der Waals surface area contributed by atoms with Crippen molar-refractivity contribution in [2.24, 2.45) is 0 Å². The van der Waals surface area contributed by atoms with Crippen LogP contribution in [0.2, 0.25) is 0 Å². The molecule has 108 valence electrons.